The number of unbranched alkanes of at least 4 members (excludes halogenated alkanes) is 20. The van der Waals surface area contributed by atoms with E-state index in [1.165, 1.54) is 103 Å². The van der Waals surface area contributed by atoms with E-state index in [0.29, 0.717) is 26.4 Å². The van der Waals surface area contributed by atoms with Gasteiger partial charge in [-0.25, -0.2) is 19.9 Å². The standard InChI is InChI=1S/C74H88Br2N4O4S2/c1-5-9-13-17-21-25-45-81-57-37-29-33-53(49-57)67-68(54-34-30-38-58(50-54)82-46-26-22-18-14-10-6-2)78-72-66(62-42-44-64(76)86-62)74-73(65(71(72)77-67)61-41-43-63(75)85-61)79-69(55-35-31-39-59(51-55)83-47-27-23-19-15-11-7-3)70(80-74)56-36-32-40-60(52-56)84-48-28-24-20-16-12-8-4/h29-44,49-52H,5-28,45-48H2,1-4H3. The van der Waals surface area contributed by atoms with E-state index in [9.17, 15) is 0 Å². The summed E-state index contributed by atoms with van der Waals surface area (Å²) in [6.07, 6.45) is 28.7. The van der Waals surface area contributed by atoms with Crippen molar-refractivity contribution in [1.29, 1.82) is 0 Å². The molecule has 12 heteroatoms. The maximum Gasteiger partial charge on any atom is 0.119 e. The molecule has 0 aliphatic rings. The second kappa shape index (κ2) is 34.8. The van der Waals surface area contributed by atoms with Crippen molar-refractivity contribution in [2.45, 2.75) is 182 Å². The van der Waals surface area contributed by atoms with Crippen LogP contribution in [0.15, 0.2) is 129 Å². The number of thiophene rings is 2. The molecule has 86 heavy (non-hydrogen) atoms. The molecule has 0 N–H and O–H groups in total. The van der Waals surface area contributed by atoms with Crippen molar-refractivity contribution in [3.63, 3.8) is 0 Å². The molecule has 9 aromatic rings. The fourth-order valence-corrected chi connectivity index (χ4v) is 14.0. The average Bonchev–Trinajstić information content (AvgIpc) is 1.27. The van der Waals surface area contributed by atoms with E-state index in [1.54, 1.807) is 22.7 Å². The van der Waals surface area contributed by atoms with E-state index < -0.39 is 0 Å². The number of nitrogens with zero attached hydrogens (tertiary/aromatic N) is 4. The summed E-state index contributed by atoms with van der Waals surface area (Å²) in [6.45, 7) is 11.7. The summed E-state index contributed by atoms with van der Waals surface area (Å²) in [4.78, 5) is 25.7. The van der Waals surface area contributed by atoms with Crippen molar-refractivity contribution in [2.24, 2.45) is 0 Å². The highest BCUT2D eigenvalue weighted by molar-refractivity contribution is 9.11. The van der Waals surface area contributed by atoms with Gasteiger partial charge in [0.05, 0.1) is 56.8 Å². The number of rotatable bonds is 38. The summed E-state index contributed by atoms with van der Waals surface area (Å²) >= 11 is 11.1. The lowest BCUT2D eigenvalue weighted by Gasteiger charge is -2.20. The van der Waals surface area contributed by atoms with Crippen LogP contribution in [0.1, 0.15) is 182 Å². The number of ether oxygens (including phenoxy) is 4. The molecule has 0 radical (unpaired) electrons. The summed E-state index contributed by atoms with van der Waals surface area (Å²) in [6, 6.07) is 42.1. The van der Waals surface area contributed by atoms with Crippen LogP contribution in [0.2, 0.25) is 0 Å². The minimum Gasteiger partial charge on any atom is -0.494 e. The number of aromatic nitrogens is 4. The van der Waals surface area contributed by atoms with Crippen molar-refractivity contribution < 1.29 is 18.9 Å². The van der Waals surface area contributed by atoms with Crippen molar-refractivity contribution in [3.8, 4) is 88.9 Å². The Balaban J connectivity index is 1.25. The van der Waals surface area contributed by atoms with Gasteiger partial charge in [-0.05, 0) is 130 Å². The van der Waals surface area contributed by atoms with Crippen LogP contribution in [-0.2, 0) is 0 Å². The minimum atomic E-state index is 0.653. The number of hydrogen-bond acceptors (Lipinski definition) is 10. The lowest BCUT2D eigenvalue weighted by Crippen LogP contribution is -2.04. The fourth-order valence-electron chi connectivity index (χ4n) is 11.2. The summed E-state index contributed by atoms with van der Waals surface area (Å²) in [5.74, 6) is 3.23. The molecular formula is C74H88Br2N4O4S2. The maximum absolute atomic E-state index is 6.54. The zero-order valence-electron chi connectivity index (χ0n) is 51.3. The highest BCUT2D eigenvalue weighted by Gasteiger charge is 2.28. The van der Waals surface area contributed by atoms with E-state index in [-0.39, 0.29) is 0 Å². The highest BCUT2D eigenvalue weighted by Crippen LogP contribution is 2.49. The van der Waals surface area contributed by atoms with Crippen molar-refractivity contribution in [1.82, 2.24) is 19.9 Å². The molecule has 9 rings (SSSR count). The van der Waals surface area contributed by atoms with Gasteiger partial charge in [0.25, 0.3) is 0 Å². The Morgan fingerprint density at radius 1 is 0.302 bits per heavy atom. The molecule has 0 amide bonds. The topological polar surface area (TPSA) is 88.5 Å². The molecule has 0 atom stereocenters. The molecule has 4 aromatic heterocycles. The zero-order chi connectivity index (χ0) is 59.7. The Morgan fingerprint density at radius 3 is 0.779 bits per heavy atom. The smallest absolute Gasteiger partial charge is 0.119 e. The van der Waals surface area contributed by atoms with E-state index in [1.807, 2.05) is 0 Å². The lowest BCUT2D eigenvalue weighted by atomic mass is 9.97. The molecule has 4 heterocycles. The number of halogens is 2. The third-order valence-corrected chi connectivity index (χ3v) is 19.2. The van der Waals surface area contributed by atoms with Crippen LogP contribution in [0.5, 0.6) is 23.0 Å². The highest BCUT2D eigenvalue weighted by atomic mass is 79.9. The van der Waals surface area contributed by atoms with Gasteiger partial charge < -0.3 is 18.9 Å². The van der Waals surface area contributed by atoms with Crippen LogP contribution in [0, 0.1) is 0 Å². The Kier molecular flexibility index (Phi) is 26.2. The number of hydrogen-bond donors (Lipinski definition) is 0. The Bertz CT molecular complexity index is 3130. The van der Waals surface area contributed by atoms with Gasteiger partial charge in [0.15, 0.2) is 0 Å². The summed E-state index contributed by atoms with van der Waals surface area (Å²) in [5.41, 5.74) is 11.2. The summed E-state index contributed by atoms with van der Waals surface area (Å²) in [5, 5.41) is 0. The van der Waals surface area contributed by atoms with Crippen molar-refractivity contribution in [3.05, 3.63) is 129 Å². The molecule has 0 unspecified atom stereocenters. The molecule has 0 bridgehead atoms. The third-order valence-electron chi connectivity index (χ3n) is 15.9. The van der Waals surface area contributed by atoms with E-state index >= 15 is 0 Å². The SMILES string of the molecule is CCCCCCCCOc1cccc(-c2nc3c(-c4ccc(Br)s4)c4nc(-c5cccc(OCCCCCCCC)c5)c(-c5cccc(OCCCCCCCC)c5)nc4c(-c4ccc(Br)s4)c3nc2-c2cccc(OCCCCCCCC)c2)c1. The predicted molar refractivity (Wildman–Crippen MR) is 372 cm³/mol. The molecule has 0 saturated heterocycles. The van der Waals surface area contributed by atoms with Crippen LogP contribution in [0.4, 0.5) is 0 Å². The molecule has 454 valence electrons. The predicted octanol–water partition coefficient (Wildman–Crippen LogP) is 24.2. The van der Waals surface area contributed by atoms with Crippen LogP contribution < -0.4 is 18.9 Å². The van der Waals surface area contributed by atoms with Crippen molar-refractivity contribution >= 4 is 76.6 Å². The molecule has 0 fully saturated rings. The number of benzene rings is 5. The monoisotopic (exact) mass is 1320 g/mol. The van der Waals surface area contributed by atoms with Gasteiger partial charge in [0, 0.05) is 43.1 Å². The van der Waals surface area contributed by atoms with Crippen molar-refractivity contribution in [2.75, 3.05) is 26.4 Å². The van der Waals surface area contributed by atoms with E-state index in [2.05, 4.69) is 181 Å². The van der Waals surface area contributed by atoms with Gasteiger partial charge in [-0.1, -0.05) is 205 Å². The first kappa shape index (κ1) is 64.8. The van der Waals surface area contributed by atoms with Gasteiger partial charge in [-0.3, -0.25) is 0 Å². The molecule has 0 aliphatic carbocycles. The summed E-state index contributed by atoms with van der Waals surface area (Å²) in [7, 11) is 0. The normalized spacial score (nSPS) is 11.5. The van der Waals surface area contributed by atoms with Crippen LogP contribution in [0.3, 0.4) is 0 Å². The Labute approximate surface area is 537 Å². The third kappa shape index (κ3) is 18.2. The van der Waals surface area contributed by atoms with Gasteiger partial charge in [-0.15, -0.1) is 22.7 Å². The first-order valence-corrected chi connectivity index (χ1v) is 35.6. The lowest BCUT2D eigenvalue weighted by molar-refractivity contribution is 0.304. The molecule has 0 saturated carbocycles. The van der Waals surface area contributed by atoms with Crippen LogP contribution >= 0.6 is 54.5 Å². The first-order valence-electron chi connectivity index (χ1n) is 32.4. The second-order valence-corrected chi connectivity index (χ2v) is 27.7. The van der Waals surface area contributed by atoms with Gasteiger partial charge in [-0.2, -0.15) is 0 Å². The second-order valence-electron chi connectivity index (χ2n) is 22.8. The molecule has 8 nitrogen and oxygen atoms in total. The molecule has 0 spiro atoms. The molecule has 5 aromatic carbocycles. The Hall–Kier alpha value is -5.66. The Morgan fingerprint density at radius 2 is 0.547 bits per heavy atom. The molecule has 0 aliphatic heterocycles. The van der Waals surface area contributed by atoms with Crippen LogP contribution in [0.25, 0.3) is 88.0 Å². The average molecular weight is 1320 g/mol. The zero-order valence-corrected chi connectivity index (χ0v) is 56.1. The minimum absolute atomic E-state index is 0.653. The maximum atomic E-state index is 6.54. The van der Waals surface area contributed by atoms with Gasteiger partial charge in [0.1, 0.15) is 45.1 Å². The number of fused-ring (bicyclic) bond motifs is 2. The summed E-state index contributed by atoms with van der Waals surface area (Å²) < 4.78 is 28.2. The largest absolute Gasteiger partial charge is 0.494 e. The van der Waals surface area contributed by atoms with E-state index in [4.69, 9.17) is 38.9 Å². The first-order chi connectivity index (χ1) is 42.3. The van der Waals surface area contributed by atoms with Crippen LogP contribution in [-0.4, -0.2) is 46.4 Å². The van der Waals surface area contributed by atoms with Gasteiger partial charge in [0.2, 0.25) is 0 Å². The van der Waals surface area contributed by atoms with E-state index in [0.717, 1.165) is 170 Å². The fraction of sp³-hybridized carbons (Fsp3) is 0.432. The molecular weight excluding hydrogens is 1230 g/mol. The quantitative estimate of drug-likeness (QED) is 0.0279. The van der Waals surface area contributed by atoms with Gasteiger partial charge >= 0.3 is 0 Å².